The number of carbonyl (C=O) groups is 17. The minimum absolute atomic E-state index is 0.00314. The van der Waals surface area contributed by atoms with Gasteiger partial charge in [0.05, 0.1) is 119 Å². The van der Waals surface area contributed by atoms with Gasteiger partial charge in [-0.1, -0.05) is 84.0 Å². The minimum Gasteiger partial charge on any atom is -0.480 e. The van der Waals surface area contributed by atoms with Crippen LogP contribution >= 0.6 is 0 Å². The molecular weight excluding hydrogens is 1920 g/mol. The molecule has 0 spiro atoms. The number of hydrogen-bond acceptors (Lipinski definition) is 41. The first-order valence-corrected chi connectivity index (χ1v) is 50.2. The van der Waals surface area contributed by atoms with E-state index in [1.54, 1.807) is 0 Å². The number of hydrogen-bond donors (Lipinski definition) is 8. The van der Waals surface area contributed by atoms with Crippen molar-refractivity contribution >= 4 is 101 Å². The van der Waals surface area contributed by atoms with Gasteiger partial charge in [-0.25, -0.2) is 4.79 Å². The number of ether oxygens (including phenoxy) is 24. The molecule has 3 aliphatic heterocycles. The van der Waals surface area contributed by atoms with E-state index in [9.17, 15) is 86.6 Å². The van der Waals surface area contributed by atoms with Gasteiger partial charge < -0.3 is 156 Å². The molecule has 3 rings (SSSR count). The van der Waals surface area contributed by atoms with E-state index in [1.807, 2.05) is 0 Å². The van der Waals surface area contributed by atoms with Gasteiger partial charge in [0.1, 0.15) is 94.3 Å². The summed E-state index contributed by atoms with van der Waals surface area (Å²) >= 11 is 0. The van der Waals surface area contributed by atoms with Gasteiger partial charge in [-0.05, 0) is 64.2 Å². The second kappa shape index (κ2) is 80.5. The van der Waals surface area contributed by atoms with E-state index in [-0.39, 0.29) is 235 Å². The molecule has 49 nitrogen and oxygen atoms in total. The van der Waals surface area contributed by atoms with Crippen LogP contribution in [0.15, 0.2) is 0 Å². The van der Waals surface area contributed by atoms with Crippen LogP contribution in [-0.4, -0.2) is 382 Å². The fraction of sp³-hybridized carbons (Fsp3) is 0.823. The molecule has 3 aliphatic rings. The first kappa shape index (κ1) is 130. The van der Waals surface area contributed by atoms with Gasteiger partial charge in [-0.15, -0.1) is 0 Å². The number of carboxylic acids is 1. The zero-order valence-corrected chi connectivity index (χ0v) is 86.2. The number of carboxylic acid groups (broad SMARTS) is 1. The SMILES string of the molecule is CCCCCCCCCCCCCCCC(=O)NCCCC[C@H](NC(=O)[C@H](CCCCNC(=O)COCCOCCOCCO[C@H]1C[C@@H](OC(C)=O)[C@@H](OC(C)=O)[C@@H](COC(C)=O)O1)NC(=O)[C@H](CCCCNC(=O)COCCOCCOCCO[C@@H]1O[C@H](COC(C)=O)[C@H](OC(C)=O)[C@H](OC(C)=O)[C@H]1NC(C)=O)NC(=O)COCCOCCOCCO[C@H]1C[C@@H](OC(C)=O)[C@@H](OC(C)=O)[C@@H](COC(C)=O)O1)C(=O)O. The summed E-state index contributed by atoms with van der Waals surface area (Å²) in [5, 5.41) is 29.4. The molecule has 832 valence electrons. The average Bonchev–Trinajstić information content (AvgIpc) is 0.783. The highest BCUT2D eigenvalue weighted by Gasteiger charge is 2.52. The Labute approximate surface area is 848 Å². The maximum absolute atomic E-state index is 14.6. The van der Waals surface area contributed by atoms with Gasteiger partial charge >= 0.3 is 59.7 Å². The third-order valence-electron chi connectivity index (χ3n) is 21.8. The summed E-state index contributed by atoms with van der Waals surface area (Å²) in [7, 11) is 0. The maximum atomic E-state index is 14.6. The molecule has 8 N–H and O–H groups in total. The molecule has 145 heavy (non-hydrogen) atoms. The first-order chi connectivity index (χ1) is 69.5. The summed E-state index contributed by atoms with van der Waals surface area (Å²) in [5.41, 5.74) is 0. The Bertz CT molecular complexity index is 3760. The normalized spacial score (nSPS) is 20.2. The fourth-order valence-electron chi connectivity index (χ4n) is 15.1. The van der Waals surface area contributed by atoms with Gasteiger partial charge in [0.25, 0.3) is 0 Å². The Morgan fingerprint density at radius 2 is 0.614 bits per heavy atom. The van der Waals surface area contributed by atoms with Crippen molar-refractivity contribution in [3.8, 4) is 0 Å². The molecule has 0 unspecified atom stereocenters. The van der Waals surface area contributed by atoms with Gasteiger partial charge in [0.2, 0.25) is 41.4 Å². The van der Waals surface area contributed by atoms with E-state index in [2.05, 4.69) is 44.1 Å². The van der Waals surface area contributed by atoms with Crippen LogP contribution in [0.1, 0.15) is 237 Å². The quantitative estimate of drug-likeness (QED) is 0.0246. The smallest absolute Gasteiger partial charge is 0.326 e. The van der Waals surface area contributed by atoms with Gasteiger partial charge in [0.15, 0.2) is 43.3 Å². The predicted octanol–water partition coefficient (Wildman–Crippen LogP) is 2.80. The van der Waals surface area contributed by atoms with Crippen molar-refractivity contribution in [3.63, 3.8) is 0 Å². The Morgan fingerprint density at radius 3 is 0.979 bits per heavy atom. The van der Waals surface area contributed by atoms with E-state index < -0.39 is 206 Å². The lowest BCUT2D eigenvalue weighted by atomic mass is 9.96. The van der Waals surface area contributed by atoms with E-state index in [4.69, 9.17) is 114 Å². The van der Waals surface area contributed by atoms with Gasteiger partial charge in [-0.2, -0.15) is 0 Å². The van der Waals surface area contributed by atoms with Crippen LogP contribution in [0.4, 0.5) is 0 Å². The molecule has 0 aliphatic carbocycles. The molecule has 0 bridgehead atoms. The molecule has 0 saturated carbocycles. The van der Waals surface area contributed by atoms with Crippen LogP contribution in [0, 0.1) is 0 Å². The summed E-state index contributed by atoms with van der Waals surface area (Å²) in [6.07, 6.45) is 3.90. The second-order valence-corrected chi connectivity index (χ2v) is 34.5. The summed E-state index contributed by atoms with van der Waals surface area (Å²) in [4.78, 5) is 214. The van der Waals surface area contributed by atoms with Crippen molar-refractivity contribution in [1.29, 1.82) is 0 Å². The molecule has 3 heterocycles. The topological polar surface area (TPSA) is 616 Å². The minimum atomic E-state index is -1.43. The highest BCUT2D eigenvalue weighted by Crippen LogP contribution is 2.31. The van der Waals surface area contributed by atoms with Crippen LogP contribution < -0.4 is 37.2 Å². The van der Waals surface area contributed by atoms with Crippen molar-refractivity contribution in [1.82, 2.24) is 37.2 Å². The zero-order valence-electron chi connectivity index (χ0n) is 86.2. The molecular formula is C96H161N7O42. The van der Waals surface area contributed by atoms with Crippen LogP contribution in [-0.2, 0) is 195 Å². The number of carbonyl (C=O) groups excluding carboxylic acids is 16. The predicted molar refractivity (Wildman–Crippen MR) is 506 cm³/mol. The molecule has 7 amide bonds. The molecule has 3 saturated heterocycles. The van der Waals surface area contributed by atoms with Crippen LogP contribution in [0.3, 0.4) is 0 Å². The number of esters is 9. The number of rotatable bonds is 84. The second-order valence-electron chi connectivity index (χ2n) is 34.5. The summed E-state index contributed by atoms with van der Waals surface area (Å²) < 4.78 is 133. The van der Waals surface area contributed by atoms with Crippen molar-refractivity contribution < 1.29 is 200 Å². The Hall–Kier alpha value is -9.61. The fourth-order valence-corrected chi connectivity index (χ4v) is 15.1. The molecule has 0 radical (unpaired) electrons. The lowest BCUT2D eigenvalue weighted by molar-refractivity contribution is -0.279. The third-order valence-corrected chi connectivity index (χ3v) is 21.8. The highest BCUT2D eigenvalue weighted by molar-refractivity contribution is 5.93. The first-order valence-electron chi connectivity index (χ1n) is 50.2. The largest absolute Gasteiger partial charge is 0.480 e. The standard InChI is InChI=1S/C96H161N7O42/c1-12-13-14-15-16-17-18-19-20-21-22-23-24-34-82(114)97-35-30-27-33-76(95(120)121)103-94(119)75(32-26-29-37-99-84(116)62-128-47-44-122-38-41-125-50-53-131-86-56-77(137-68(6)108)89(139-70(8)110)79(143-86)58-134-65(3)105)102-93(118)74(101-85(117)63-130-49-46-124-39-42-126-51-54-132-87-57-78(138-69(7)109)90(140-71(9)111)80(144-87)59-135-66(4)106)31-25-28-36-98-83(115)61-129-48-45-123-40-43-127-52-55-133-96-88(100-64(2)104)92(142-73(11)113)91(141-72(10)112)81(145-96)60-136-67(5)107/h74-81,86-92,96H,12-63H2,1-11H3,(H,97,114)(H,98,115)(H,99,116)(H,100,104)(H,101,117)(H,102,118)(H,103,119)(H,120,121)/t74-,75-,76-,77+,78+,79+,80+,81+,86+,87+,88+,89+,90+,91-,92+,96+/m0/s1. The molecule has 0 aromatic rings. The molecule has 3 fully saturated rings. The molecule has 16 atom stereocenters. The number of nitrogens with one attached hydrogen (secondary N) is 7. The highest BCUT2D eigenvalue weighted by atomic mass is 16.7. The van der Waals surface area contributed by atoms with Gasteiger partial charge in [0, 0.05) is 108 Å². The Balaban J connectivity index is 1.65. The van der Waals surface area contributed by atoms with Crippen LogP contribution in [0.5, 0.6) is 0 Å². The van der Waals surface area contributed by atoms with E-state index >= 15 is 0 Å². The summed E-state index contributed by atoms with van der Waals surface area (Å²) in [5.74, 6) is -11.5. The van der Waals surface area contributed by atoms with E-state index in [0.717, 1.165) is 46.5 Å². The van der Waals surface area contributed by atoms with Crippen molar-refractivity contribution in [2.45, 2.75) is 335 Å². The zero-order chi connectivity index (χ0) is 107. The van der Waals surface area contributed by atoms with Crippen LogP contribution in [0.25, 0.3) is 0 Å². The van der Waals surface area contributed by atoms with E-state index in [1.165, 1.54) is 106 Å². The van der Waals surface area contributed by atoms with E-state index in [0.29, 0.717) is 12.8 Å². The van der Waals surface area contributed by atoms with Crippen LogP contribution in [0.2, 0.25) is 0 Å². The Kier molecular flexibility index (Phi) is 71.9. The number of unbranched alkanes of at least 4 members (excludes halogenated alkanes) is 15. The monoisotopic (exact) mass is 2080 g/mol. The average molecular weight is 2090 g/mol. The molecule has 49 heteroatoms. The maximum Gasteiger partial charge on any atom is 0.326 e. The third kappa shape index (κ3) is 65.0. The van der Waals surface area contributed by atoms with Crippen molar-refractivity contribution in [3.05, 3.63) is 0 Å². The summed E-state index contributed by atoms with van der Waals surface area (Å²) in [6.45, 7) is 12.8. The molecule has 0 aromatic carbocycles. The molecule has 0 aromatic heterocycles. The number of amides is 7. The lowest BCUT2D eigenvalue weighted by Crippen LogP contribution is -2.66. The van der Waals surface area contributed by atoms with Gasteiger partial charge in [-0.3, -0.25) is 76.7 Å². The summed E-state index contributed by atoms with van der Waals surface area (Å²) in [6, 6.07) is -5.33. The van der Waals surface area contributed by atoms with Crippen molar-refractivity contribution in [2.24, 2.45) is 0 Å². The lowest BCUT2D eigenvalue weighted by Gasteiger charge is -2.44. The Morgan fingerprint density at radius 1 is 0.303 bits per heavy atom. The number of aliphatic carboxylic acids is 1. The van der Waals surface area contributed by atoms with Crippen molar-refractivity contribution in [2.75, 3.05) is 178 Å².